The van der Waals surface area contributed by atoms with Gasteiger partial charge in [0.25, 0.3) is 0 Å². The van der Waals surface area contributed by atoms with E-state index in [9.17, 15) is 0 Å². The van der Waals surface area contributed by atoms with Crippen LogP contribution in [0.15, 0.2) is 0 Å². The van der Waals surface area contributed by atoms with Crippen molar-refractivity contribution in [3.63, 3.8) is 0 Å². The Balaban J connectivity index is 3.41. The molecule has 0 aromatic rings. The Morgan fingerprint density at radius 3 is 1.89 bits per heavy atom. The van der Waals surface area contributed by atoms with Crippen LogP contribution in [0.4, 0.5) is 0 Å². The highest BCUT2D eigenvalue weighted by Crippen LogP contribution is 2.16. The summed E-state index contributed by atoms with van der Waals surface area (Å²) in [5.74, 6) is 3.50. The monoisotopic (exact) mass is 164 g/mol. The minimum Gasteiger partial charge on any atom is -0.179 e. The average molecular weight is 164 g/mol. The molecule has 0 radical (unpaired) electrons. The van der Waals surface area contributed by atoms with Gasteiger partial charge in [0.1, 0.15) is 0 Å². The fourth-order valence-corrected chi connectivity index (χ4v) is 1.74. The zero-order chi connectivity index (χ0) is 7.28. The quantitative estimate of drug-likeness (QED) is 0.586. The Morgan fingerprint density at radius 1 is 1.22 bits per heavy atom. The summed E-state index contributed by atoms with van der Waals surface area (Å²) in [7, 11) is 0. The maximum absolute atomic E-state index is 4.26. The average Bonchev–Trinajstić information content (AvgIpc) is 1.82. The fourth-order valence-electron chi connectivity index (χ4n) is 0.801. The number of rotatable bonds is 4. The van der Waals surface area contributed by atoms with E-state index in [-0.39, 0.29) is 0 Å². The number of hydrogen-bond donors (Lipinski definition) is 2. The first-order chi connectivity index (χ1) is 4.22. The Morgan fingerprint density at radius 2 is 1.78 bits per heavy atom. The minimum absolute atomic E-state index is 0.755. The van der Waals surface area contributed by atoms with Crippen LogP contribution in [0.5, 0.6) is 0 Å². The van der Waals surface area contributed by atoms with Gasteiger partial charge in [-0.2, -0.15) is 25.3 Å². The van der Waals surface area contributed by atoms with Crippen molar-refractivity contribution < 1.29 is 0 Å². The zero-order valence-electron chi connectivity index (χ0n) is 6.17. The largest absolute Gasteiger partial charge is 0.179 e. The van der Waals surface area contributed by atoms with Crippen LogP contribution in [0.25, 0.3) is 0 Å². The van der Waals surface area contributed by atoms with Crippen LogP contribution >= 0.6 is 25.3 Å². The van der Waals surface area contributed by atoms with Gasteiger partial charge in [0.15, 0.2) is 0 Å². The molecule has 0 fully saturated rings. The molecule has 0 saturated heterocycles. The molecule has 0 rings (SSSR count). The Kier molecular flexibility index (Phi) is 5.91. The maximum atomic E-state index is 4.26. The van der Waals surface area contributed by atoms with Crippen molar-refractivity contribution >= 4 is 25.3 Å². The summed E-state index contributed by atoms with van der Waals surface area (Å²) in [4.78, 5) is 0. The Labute approximate surface area is 69.2 Å². The molecule has 0 aliphatic rings. The molecule has 0 aliphatic carbocycles. The molecule has 0 N–H and O–H groups in total. The number of hydrogen-bond acceptors (Lipinski definition) is 2. The summed E-state index contributed by atoms with van der Waals surface area (Å²) >= 11 is 8.43. The third-order valence-corrected chi connectivity index (χ3v) is 2.40. The highest BCUT2D eigenvalue weighted by atomic mass is 32.1. The third-order valence-electron chi connectivity index (χ3n) is 1.68. The van der Waals surface area contributed by atoms with Crippen LogP contribution in [-0.2, 0) is 0 Å². The van der Waals surface area contributed by atoms with Crippen molar-refractivity contribution in [2.75, 3.05) is 11.5 Å². The summed E-state index contributed by atoms with van der Waals surface area (Å²) in [6.45, 7) is 4.48. The first-order valence-corrected chi connectivity index (χ1v) is 4.70. The van der Waals surface area contributed by atoms with Crippen LogP contribution < -0.4 is 0 Å². The van der Waals surface area contributed by atoms with E-state index in [1.54, 1.807) is 0 Å². The highest BCUT2D eigenvalue weighted by molar-refractivity contribution is 7.80. The van der Waals surface area contributed by atoms with Crippen LogP contribution in [-0.4, -0.2) is 11.5 Å². The molecule has 2 heteroatoms. The Hall–Kier alpha value is 0.700. The van der Waals surface area contributed by atoms with Gasteiger partial charge in [-0.3, -0.25) is 0 Å². The normalized spacial score (nSPS) is 14.3. The van der Waals surface area contributed by atoms with Gasteiger partial charge < -0.3 is 0 Å². The minimum atomic E-state index is 0.755. The predicted octanol–water partition coefficient (Wildman–Crippen LogP) is 2.51. The smallest absolute Gasteiger partial charge is 0.00668 e. The van der Waals surface area contributed by atoms with Crippen LogP contribution in [0, 0.1) is 11.8 Å². The molecule has 0 heterocycles. The molecular formula is C7H16S2. The highest BCUT2D eigenvalue weighted by Gasteiger charge is 2.08. The lowest BCUT2D eigenvalue weighted by Crippen LogP contribution is -2.10. The van der Waals surface area contributed by atoms with Gasteiger partial charge >= 0.3 is 0 Å². The van der Waals surface area contributed by atoms with Crippen LogP contribution in [0.2, 0.25) is 0 Å². The van der Waals surface area contributed by atoms with Gasteiger partial charge in [-0.1, -0.05) is 13.8 Å². The molecule has 0 amide bonds. The second-order valence-electron chi connectivity index (χ2n) is 2.70. The predicted molar refractivity (Wildman–Crippen MR) is 50.7 cm³/mol. The fraction of sp³-hybridized carbons (Fsp3) is 1.00. The molecule has 0 aromatic heterocycles. The topological polar surface area (TPSA) is 0 Å². The van der Waals surface area contributed by atoms with Gasteiger partial charge in [-0.05, 0) is 29.8 Å². The van der Waals surface area contributed by atoms with Gasteiger partial charge in [0, 0.05) is 0 Å². The summed E-state index contributed by atoms with van der Waals surface area (Å²) < 4.78 is 0. The molecular weight excluding hydrogens is 148 g/mol. The second-order valence-corrected chi connectivity index (χ2v) is 3.51. The summed E-state index contributed by atoms with van der Waals surface area (Å²) in [6, 6.07) is 0. The molecule has 1 unspecified atom stereocenters. The van der Waals surface area contributed by atoms with Gasteiger partial charge in [-0.25, -0.2) is 0 Å². The van der Waals surface area contributed by atoms with E-state index in [0.29, 0.717) is 0 Å². The van der Waals surface area contributed by atoms with E-state index in [0.717, 1.165) is 23.3 Å². The van der Waals surface area contributed by atoms with E-state index >= 15 is 0 Å². The summed E-state index contributed by atoms with van der Waals surface area (Å²) in [5.41, 5.74) is 0. The van der Waals surface area contributed by atoms with E-state index < -0.39 is 0 Å². The van der Waals surface area contributed by atoms with Crippen molar-refractivity contribution in [2.45, 2.75) is 20.3 Å². The second kappa shape index (κ2) is 5.48. The lowest BCUT2D eigenvalue weighted by molar-refractivity contribution is 0.419. The molecule has 0 saturated carbocycles. The van der Waals surface area contributed by atoms with Crippen molar-refractivity contribution in [1.82, 2.24) is 0 Å². The Bertz CT molecular complexity index is 61.9. The molecule has 0 aliphatic heterocycles. The first-order valence-electron chi connectivity index (χ1n) is 3.44. The van der Waals surface area contributed by atoms with Crippen molar-refractivity contribution in [3.05, 3.63) is 0 Å². The lowest BCUT2D eigenvalue weighted by Gasteiger charge is -2.16. The third kappa shape index (κ3) is 4.15. The van der Waals surface area contributed by atoms with Crippen molar-refractivity contribution in [1.29, 1.82) is 0 Å². The van der Waals surface area contributed by atoms with Gasteiger partial charge in [0.05, 0.1) is 0 Å². The van der Waals surface area contributed by atoms with Crippen molar-refractivity contribution in [3.8, 4) is 0 Å². The molecule has 9 heavy (non-hydrogen) atoms. The number of thiol groups is 2. The first kappa shape index (κ1) is 9.70. The van der Waals surface area contributed by atoms with E-state index in [2.05, 4.69) is 39.1 Å². The van der Waals surface area contributed by atoms with Crippen molar-refractivity contribution in [2.24, 2.45) is 11.8 Å². The summed E-state index contributed by atoms with van der Waals surface area (Å²) in [5, 5.41) is 0. The van der Waals surface area contributed by atoms with Gasteiger partial charge in [-0.15, -0.1) is 0 Å². The van der Waals surface area contributed by atoms with Crippen LogP contribution in [0.3, 0.4) is 0 Å². The van der Waals surface area contributed by atoms with E-state index in [1.807, 2.05) is 0 Å². The zero-order valence-corrected chi connectivity index (χ0v) is 7.96. The van der Waals surface area contributed by atoms with Gasteiger partial charge in [0.2, 0.25) is 0 Å². The maximum Gasteiger partial charge on any atom is -0.00668 e. The molecule has 0 spiro atoms. The van der Waals surface area contributed by atoms with E-state index in [4.69, 9.17) is 0 Å². The molecule has 0 nitrogen and oxygen atoms in total. The standard InChI is InChI=1S/C7H16S2/c1-6(2)7(5-9)3-4-8/h6-9H,3-5H2,1-2H3. The summed E-state index contributed by atoms with van der Waals surface area (Å²) in [6.07, 6.45) is 1.20. The molecule has 0 bridgehead atoms. The lowest BCUT2D eigenvalue weighted by atomic mass is 9.95. The molecule has 0 aromatic carbocycles. The molecule has 1 atom stereocenters. The SMILES string of the molecule is CC(C)C(CS)CCS. The molecule has 56 valence electrons. The van der Waals surface area contributed by atoms with Crippen LogP contribution in [0.1, 0.15) is 20.3 Å². The van der Waals surface area contributed by atoms with E-state index in [1.165, 1.54) is 6.42 Å².